The standard InChI is InChI=1S/C19H25NO2S/c1-4-6-8-10-16-20(17-11-9-7-5-2)23(21,22)19-14-12-18(3)13-15-19/h4-15H,16-17H2,1-3H3/b6-4+,7-5+,10-8+,11-9+. The highest BCUT2D eigenvalue weighted by Crippen LogP contribution is 2.16. The zero-order chi connectivity index (χ0) is 17.1. The normalized spacial score (nSPS) is 13.4. The quantitative estimate of drug-likeness (QED) is 0.668. The summed E-state index contributed by atoms with van der Waals surface area (Å²) in [7, 11) is -3.51. The van der Waals surface area contributed by atoms with Crippen LogP contribution in [0.1, 0.15) is 19.4 Å². The number of sulfonamides is 1. The summed E-state index contributed by atoms with van der Waals surface area (Å²) in [6.07, 6.45) is 15.0. The summed E-state index contributed by atoms with van der Waals surface area (Å²) in [5.74, 6) is 0. The topological polar surface area (TPSA) is 37.4 Å². The number of hydrogen-bond acceptors (Lipinski definition) is 2. The second kappa shape index (κ2) is 9.98. The number of benzene rings is 1. The Morgan fingerprint density at radius 1 is 0.870 bits per heavy atom. The second-order valence-electron chi connectivity index (χ2n) is 5.04. The van der Waals surface area contributed by atoms with Crippen molar-refractivity contribution in [2.45, 2.75) is 25.7 Å². The number of allylic oxidation sites excluding steroid dienone is 6. The molecule has 0 fully saturated rings. The van der Waals surface area contributed by atoms with Gasteiger partial charge in [0.25, 0.3) is 0 Å². The fourth-order valence-corrected chi connectivity index (χ4v) is 3.21. The predicted octanol–water partition coefficient (Wildman–Crippen LogP) is 4.25. The lowest BCUT2D eigenvalue weighted by Crippen LogP contribution is -2.31. The maximum atomic E-state index is 12.8. The van der Waals surface area contributed by atoms with E-state index in [2.05, 4.69) is 0 Å². The summed E-state index contributed by atoms with van der Waals surface area (Å²) in [6.45, 7) is 6.45. The molecule has 0 spiro atoms. The zero-order valence-electron chi connectivity index (χ0n) is 14.0. The van der Waals surface area contributed by atoms with Gasteiger partial charge < -0.3 is 0 Å². The summed E-state index contributed by atoms with van der Waals surface area (Å²) in [4.78, 5) is 0.321. The maximum Gasteiger partial charge on any atom is 0.243 e. The second-order valence-corrected chi connectivity index (χ2v) is 6.98. The summed E-state index contributed by atoms with van der Waals surface area (Å²) in [5.41, 5.74) is 1.04. The molecule has 0 atom stereocenters. The van der Waals surface area contributed by atoms with Crippen molar-refractivity contribution in [1.82, 2.24) is 4.31 Å². The fraction of sp³-hybridized carbons (Fsp3) is 0.263. The average molecular weight is 331 g/mol. The smallest absolute Gasteiger partial charge is 0.207 e. The molecular weight excluding hydrogens is 306 g/mol. The number of hydrogen-bond donors (Lipinski definition) is 0. The lowest BCUT2D eigenvalue weighted by atomic mass is 10.2. The van der Waals surface area contributed by atoms with Gasteiger partial charge >= 0.3 is 0 Å². The van der Waals surface area contributed by atoms with Gasteiger partial charge in [0, 0.05) is 13.1 Å². The summed E-state index contributed by atoms with van der Waals surface area (Å²) < 4.78 is 27.0. The lowest BCUT2D eigenvalue weighted by Gasteiger charge is -2.19. The first-order chi connectivity index (χ1) is 11.0. The monoisotopic (exact) mass is 331 g/mol. The van der Waals surface area contributed by atoms with E-state index in [0.29, 0.717) is 18.0 Å². The number of nitrogens with zero attached hydrogens (tertiary/aromatic N) is 1. The van der Waals surface area contributed by atoms with E-state index in [1.807, 2.05) is 81.5 Å². The van der Waals surface area contributed by atoms with Crippen molar-refractivity contribution in [3.8, 4) is 0 Å². The van der Waals surface area contributed by atoms with Gasteiger partial charge in [-0.3, -0.25) is 0 Å². The Bertz CT molecular complexity index is 657. The van der Waals surface area contributed by atoms with Crippen molar-refractivity contribution >= 4 is 10.0 Å². The molecule has 0 N–H and O–H groups in total. The van der Waals surface area contributed by atoms with Gasteiger partial charge in [0.15, 0.2) is 0 Å². The van der Waals surface area contributed by atoms with E-state index < -0.39 is 10.0 Å². The highest BCUT2D eigenvalue weighted by molar-refractivity contribution is 7.89. The third-order valence-electron chi connectivity index (χ3n) is 3.16. The first-order valence-electron chi connectivity index (χ1n) is 7.65. The van der Waals surface area contributed by atoms with Crippen LogP contribution in [-0.4, -0.2) is 25.8 Å². The SMILES string of the molecule is C/C=C/C=C/CN(C/C=C/C=C/C)S(=O)(=O)c1ccc(C)cc1. The molecule has 3 nitrogen and oxygen atoms in total. The zero-order valence-corrected chi connectivity index (χ0v) is 14.8. The van der Waals surface area contributed by atoms with E-state index in [1.54, 1.807) is 12.1 Å². The third-order valence-corrected chi connectivity index (χ3v) is 5.00. The Balaban J connectivity index is 3.01. The lowest BCUT2D eigenvalue weighted by molar-refractivity contribution is 0.474. The predicted molar refractivity (Wildman–Crippen MR) is 97.8 cm³/mol. The van der Waals surface area contributed by atoms with Crippen LogP contribution in [0.25, 0.3) is 0 Å². The molecule has 0 saturated carbocycles. The molecule has 124 valence electrons. The molecule has 1 rings (SSSR count). The van der Waals surface area contributed by atoms with E-state index >= 15 is 0 Å². The summed E-state index contributed by atoms with van der Waals surface area (Å²) >= 11 is 0. The van der Waals surface area contributed by atoms with Crippen LogP contribution < -0.4 is 0 Å². The van der Waals surface area contributed by atoms with Crippen LogP contribution in [0.4, 0.5) is 0 Å². The molecule has 0 unspecified atom stereocenters. The van der Waals surface area contributed by atoms with Crippen LogP contribution in [0.5, 0.6) is 0 Å². The van der Waals surface area contributed by atoms with E-state index in [-0.39, 0.29) is 0 Å². The van der Waals surface area contributed by atoms with Gasteiger partial charge in [0.2, 0.25) is 10.0 Å². The summed E-state index contributed by atoms with van der Waals surface area (Å²) in [6, 6.07) is 6.94. The van der Waals surface area contributed by atoms with Gasteiger partial charge in [0.1, 0.15) is 0 Å². The Hall–Kier alpha value is -1.91. The van der Waals surface area contributed by atoms with Crippen LogP contribution >= 0.6 is 0 Å². The van der Waals surface area contributed by atoms with E-state index in [4.69, 9.17) is 0 Å². The maximum absolute atomic E-state index is 12.8. The summed E-state index contributed by atoms with van der Waals surface area (Å²) in [5, 5.41) is 0. The Labute approximate surface area is 140 Å². The van der Waals surface area contributed by atoms with Crippen LogP contribution in [0, 0.1) is 6.92 Å². The van der Waals surface area contributed by atoms with Crippen molar-refractivity contribution in [2.75, 3.05) is 13.1 Å². The molecule has 0 bridgehead atoms. The minimum atomic E-state index is -3.51. The average Bonchev–Trinajstić information content (AvgIpc) is 2.53. The molecule has 1 aromatic rings. The first-order valence-corrected chi connectivity index (χ1v) is 9.09. The highest BCUT2D eigenvalue weighted by Gasteiger charge is 2.22. The molecule has 0 heterocycles. The molecule has 0 radical (unpaired) electrons. The van der Waals surface area contributed by atoms with Crippen molar-refractivity contribution in [1.29, 1.82) is 0 Å². The molecule has 0 aliphatic heterocycles. The molecule has 0 amide bonds. The molecule has 1 aromatic carbocycles. The largest absolute Gasteiger partial charge is 0.243 e. The Kier molecular flexibility index (Phi) is 8.30. The minimum Gasteiger partial charge on any atom is -0.207 e. The van der Waals surface area contributed by atoms with E-state index in [1.165, 1.54) is 4.31 Å². The Morgan fingerprint density at radius 2 is 1.35 bits per heavy atom. The van der Waals surface area contributed by atoms with Crippen LogP contribution in [-0.2, 0) is 10.0 Å². The van der Waals surface area contributed by atoms with Crippen LogP contribution in [0.2, 0.25) is 0 Å². The molecule has 0 aromatic heterocycles. The first kappa shape index (κ1) is 19.1. The van der Waals surface area contributed by atoms with Gasteiger partial charge in [0.05, 0.1) is 4.90 Å². The van der Waals surface area contributed by atoms with Gasteiger partial charge in [-0.25, -0.2) is 8.42 Å². The molecule has 0 aliphatic rings. The third kappa shape index (κ3) is 6.38. The van der Waals surface area contributed by atoms with E-state index in [0.717, 1.165) is 5.56 Å². The van der Waals surface area contributed by atoms with E-state index in [9.17, 15) is 8.42 Å². The van der Waals surface area contributed by atoms with Crippen LogP contribution in [0.15, 0.2) is 77.8 Å². The van der Waals surface area contributed by atoms with Crippen molar-refractivity contribution in [3.63, 3.8) is 0 Å². The van der Waals surface area contributed by atoms with Crippen molar-refractivity contribution in [2.24, 2.45) is 0 Å². The fourth-order valence-electron chi connectivity index (χ4n) is 1.87. The van der Waals surface area contributed by atoms with Crippen molar-refractivity contribution < 1.29 is 8.42 Å². The van der Waals surface area contributed by atoms with Crippen LogP contribution in [0.3, 0.4) is 0 Å². The number of rotatable bonds is 8. The minimum absolute atomic E-state index is 0.321. The molecule has 23 heavy (non-hydrogen) atoms. The number of aryl methyl sites for hydroxylation is 1. The van der Waals surface area contributed by atoms with Crippen molar-refractivity contribution in [3.05, 3.63) is 78.4 Å². The highest BCUT2D eigenvalue weighted by atomic mass is 32.2. The Morgan fingerprint density at radius 3 is 1.78 bits per heavy atom. The van der Waals surface area contributed by atoms with Gasteiger partial charge in [-0.1, -0.05) is 66.3 Å². The van der Waals surface area contributed by atoms with Gasteiger partial charge in [-0.2, -0.15) is 4.31 Å². The van der Waals surface area contributed by atoms with Gasteiger partial charge in [-0.05, 0) is 32.9 Å². The molecule has 4 heteroatoms. The van der Waals surface area contributed by atoms with Gasteiger partial charge in [-0.15, -0.1) is 0 Å². The molecular formula is C19H25NO2S. The molecule has 0 aliphatic carbocycles. The molecule has 0 saturated heterocycles.